The van der Waals surface area contributed by atoms with Gasteiger partial charge in [-0.15, -0.1) is 0 Å². The van der Waals surface area contributed by atoms with Crippen LogP contribution in [0.1, 0.15) is 46.4 Å². The molecular formula is C35H30N3O5P. The predicted octanol–water partition coefficient (Wildman–Crippen LogP) is 6.71. The number of hydrogen-bond donors (Lipinski definition) is 0. The Labute approximate surface area is 255 Å². The number of carbonyl (C=O) groups excluding carboxylic acids is 2. The summed E-state index contributed by atoms with van der Waals surface area (Å²) in [6, 6.07) is 22.5. The molecule has 2 aromatic heterocycles. The van der Waals surface area contributed by atoms with Crippen LogP contribution in [-0.2, 0) is 22.5 Å². The maximum Gasteiger partial charge on any atom is 0.310 e. The maximum atomic E-state index is 13.8. The molecule has 4 heterocycles. The molecule has 1 aliphatic carbocycles. The van der Waals surface area contributed by atoms with E-state index in [4.69, 9.17) is 14.2 Å². The van der Waals surface area contributed by atoms with Crippen LogP contribution in [0.4, 0.5) is 0 Å². The van der Waals surface area contributed by atoms with Crippen LogP contribution < -0.4 is 9.47 Å². The fraction of sp³-hybridized carbons (Fsp3) is 0.257. The Morgan fingerprint density at radius 2 is 1.55 bits per heavy atom. The first-order chi connectivity index (χ1) is 21.5. The van der Waals surface area contributed by atoms with Gasteiger partial charge < -0.3 is 28.0 Å². The highest BCUT2D eigenvalue weighted by Gasteiger charge is 2.45. The van der Waals surface area contributed by atoms with Gasteiger partial charge >= 0.3 is 5.97 Å². The SMILES string of the molecule is COc1ccc(CC(=O)O[C@@H]2C[C@@H]3C[C@H]2n2c4ccccc4c4c5c(c6c7ccccc7n3c6c42)CN(P)C5=O)cc1OC. The number of nitrogens with zero attached hydrogens (tertiary/aromatic N) is 3. The molecule has 1 fully saturated rings. The number of benzene rings is 4. The Bertz CT molecular complexity index is 2230. The van der Waals surface area contributed by atoms with Crippen molar-refractivity contribution in [3.63, 3.8) is 0 Å². The zero-order chi connectivity index (χ0) is 29.9. The fourth-order valence-electron chi connectivity index (χ4n) is 8.26. The largest absolute Gasteiger partial charge is 0.493 e. The molecule has 8 nitrogen and oxygen atoms in total. The van der Waals surface area contributed by atoms with Crippen molar-refractivity contribution in [1.82, 2.24) is 13.8 Å². The summed E-state index contributed by atoms with van der Waals surface area (Å²) in [7, 11) is 5.80. The van der Waals surface area contributed by atoms with Gasteiger partial charge in [0.2, 0.25) is 0 Å². The number of amides is 1. The molecule has 0 radical (unpaired) electrons. The third kappa shape index (κ3) is 3.32. The number of ether oxygens (including phenoxy) is 3. The fourth-order valence-corrected chi connectivity index (χ4v) is 8.57. The molecule has 1 saturated carbocycles. The lowest BCUT2D eigenvalue weighted by atomic mass is 9.97. The average molecular weight is 604 g/mol. The van der Waals surface area contributed by atoms with E-state index in [9.17, 15) is 9.59 Å². The summed E-state index contributed by atoms with van der Waals surface area (Å²) in [5, 5.41) is 4.40. The Morgan fingerprint density at radius 1 is 0.864 bits per heavy atom. The molecule has 4 atom stereocenters. The molecule has 2 bridgehead atoms. The van der Waals surface area contributed by atoms with Gasteiger partial charge in [-0.25, -0.2) is 0 Å². The number of rotatable bonds is 5. The highest BCUT2D eigenvalue weighted by atomic mass is 31.0. The average Bonchev–Trinajstić information content (AvgIpc) is 3.74. The zero-order valence-corrected chi connectivity index (χ0v) is 25.5. The molecule has 220 valence electrons. The van der Waals surface area contributed by atoms with Crippen LogP contribution in [-0.4, -0.2) is 46.0 Å². The minimum atomic E-state index is -0.321. The van der Waals surface area contributed by atoms with Gasteiger partial charge in [0.1, 0.15) is 6.10 Å². The number of para-hydroxylation sites is 2. The minimum Gasteiger partial charge on any atom is -0.493 e. The standard InChI is InChI=1S/C35H30N3O5P/c1-41-26-12-11-18(13-28(26)42-2)14-29(39)43-27-16-19-15-25(27)38-24-10-6-4-8-21(24)31-32-22(17-36(44)35(32)40)30-20-7-3-5-9-23(20)37(19)33(30)34(31)38/h3-13,19,25,27H,14-17,44H2,1-2H3/t19-,25+,27+/m0/s1. The van der Waals surface area contributed by atoms with Crippen molar-refractivity contribution in [1.29, 1.82) is 0 Å². The Kier molecular flexibility index (Phi) is 5.43. The smallest absolute Gasteiger partial charge is 0.310 e. The van der Waals surface area contributed by atoms with E-state index in [2.05, 4.69) is 61.0 Å². The predicted molar refractivity (Wildman–Crippen MR) is 172 cm³/mol. The van der Waals surface area contributed by atoms with Crippen LogP contribution >= 0.6 is 9.39 Å². The highest BCUT2D eigenvalue weighted by Crippen LogP contribution is 2.55. The van der Waals surface area contributed by atoms with Crippen molar-refractivity contribution in [2.45, 2.75) is 44.0 Å². The molecule has 9 heteroatoms. The van der Waals surface area contributed by atoms with E-state index in [0.29, 0.717) is 18.0 Å². The van der Waals surface area contributed by atoms with Crippen molar-refractivity contribution < 1.29 is 23.8 Å². The first kappa shape index (κ1) is 25.9. The quantitative estimate of drug-likeness (QED) is 0.162. The van der Waals surface area contributed by atoms with E-state index in [1.165, 1.54) is 10.9 Å². The summed E-state index contributed by atoms with van der Waals surface area (Å²) in [6.07, 6.45) is 1.36. The van der Waals surface area contributed by atoms with Crippen LogP contribution in [0.3, 0.4) is 0 Å². The van der Waals surface area contributed by atoms with Crippen LogP contribution in [0.2, 0.25) is 0 Å². The van der Waals surface area contributed by atoms with Gasteiger partial charge in [0.05, 0.1) is 49.8 Å². The van der Waals surface area contributed by atoms with Crippen LogP contribution in [0.25, 0.3) is 43.6 Å². The molecule has 44 heavy (non-hydrogen) atoms. The van der Waals surface area contributed by atoms with Crippen molar-refractivity contribution in [2.24, 2.45) is 0 Å². The molecule has 1 unspecified atom stereocenters. The van der Waals surface area contributed by atoms with Gasteiger partial charge in [0.15, 0.2) is 11.5 Å². The molecule has 0 spiro atoms. The summed E-state index contributed by atoms with van der Waals surface area (Å²) in [6.45, 7) is 0.559. The second-order valence-corrected chi connectivity index (χ2v) is 12.7. The molecular weight excluding hydrogens is 573 g/mol. The van der Waals surface area contributed by atoms with Gasteiger partial charge in [0, 0.05) is 45.0 Å². The highest BCUT2D eigenvalue weighted by molar-refractivity contribution is 7.14. The van der Waals surface area contributed by atoms with E-state index in [1.54, 1.807) is 18.9 Å². The second-order valence-electron chi connectivity index (χ2n) is 12.1. The van der Waals surface area contributed by atoms with Gasteiger partial charge in [-0.1, -0.05) is 42.5 Å². The summed E-state index contributed by atoms with van der Waals surface area (Å²) in [5.41, 5.74) is 7.18. The molecule has 2 aliphatic heterocycles. The number of methoxy groups -OCH3 is 2. The third-order valence-corrected chi connectivity index (χ3v) is 10.3. The van der Waals surface area contributed by atoms with Gasteiger partial charge in [0.25, 0.3) is 5.91 Å². The molecule has 3 aliphatic rings. The normalized spacial score (nSPS) is 20.3. The maximum absolute atomic E-state index is 13.8. The Balaban J connectivity index is 1.24. The first-order valence-corrected chi connectivity index (χ1v) is 15.5. The van der Waals surface area contributed by atoms with Crippen molar-refractivity contribution >= 4 is 64.9 Å². The molecule has 1 amide bonds. The van der Waals surface area contributed by atoms with E-state index < -0.39 is 0 Å². The molecule has 6 aromatic rings. The van der Waals surface area contributed by atoms with E-state index in [-0.39, 0.29) is 36.5 Å². The number of esters is 1. The van der Waals surface area contributed by atoms with Crippen molar-refractivity contribution in [3.8, 4) is 11.5 Å². The molecule has 9 rings (SSSR count). The van der Waals surface area contributed by atoms with E-state index >= 15 is 0 Å². The lowest BCUT2D eigenvalue weighted by Gasteiger charge is -2.24. The first-order valence-electron chi connectivity index (χ1n) is 15.0. The Hall–Kier alpha value is -4.55. The van der Waals surface area contributed by atoms with Gasteiger partial charge in [-0.2, -0.15) is 0 Å². The number of hydrogen-bond acceptors (Lipinski definition) is 5. The molecule has 0 saturated heterocycles. The number of carbonyl (C=O) groups is 2. The minimum absolute atomic E-state index is 0.0268. The van der Waals surface area contributed by atoms with Gasteiger partial charge in [-0.05, 0) is 51.2 Å². The summed E-state index contributed by atoms with van der Waals surface area (Å²) >= 11 is 0. The number of aromatic nitrogens is 2. The van der Waals surface area contributed by atoms with Crippen molar-refractivity contribution in [2.75, 3.05) is 14.2 Å². The lowest BCUT2D eigenvalue weighted by Crippen LogP contribution is -2.26. The Morgan fingerprint density at radius 3 is 2.30 bits per heavy atom. The van der Waals surface area contributed by atoms with Crippen LogP contribution in [0.5, 0.6) is 11.5 Å². The summed E-state index contributed by atoms with van der Waals surface area (Å²) < 4.78 is 23.8. The van der Waals surface area contributed by atoms with E-state index in [1.807, 2.05) is 24.3 Å². The molecule has 4 aromatic carbocycles. The lowest BCUT2D eigenvalue weighted by molar-refractivity contribution is -0.149. The van der Waals surface area contributed by atoms with Crippen molar-refractivity contribution in [3.05, 3.63) is 83.4 Å². The monoisotopic (exact) mass is 603 g/mol. The second kappa shape index (κ2) is 9.23. The summed E-state index contributed by atoms with van der Waals surface area (Å²) in [4.78, 5) is 27.3. The third-order valence-electron chi connectivity index (χ3n) is 9.93. The van der Waals surface area contributed by atoms with Crippen LogP contribution in [0, 0.1) is 0 Å². The zero-order valence-electron chi connectivity index (χ0n) is 24.4. The topological polar surface area (TPSA) is 74.9 Å². The van der Waals surface area contributed by atoms with E-state index in [0.717, 1.165) is 62.2 Å². The number of fused-ring (bicyclic) bond motifs is 13. The molecule has 0 N–H and O–H groups in total. The summed E-state index contributed by atoms with van der Waals surface area (Å²) in [5.74, 6) is 0.955. The van der Waals surface area contributed by atoms with Crippen LogP contribution in [0.15, 0.2) is 66.7 Å². The van der Waals surface area contributed by atoms with Gasteiger partial charge in [-0.3, -0.25) is 9.59 Å².